The zero-order valence-electron chi connectivity index (χ0n) is 15.4. The molecule has 0 atom stereocenters. The Morgan fingerprint density at radius 1 is 1.11 bits per heavy atom. The summed E-state index contributed by atoms with van der Waals surface area (Å²) < 4.78 is 4.16. The summed E-state index contributed by atoms with van der Waals surface area (Å²) in [6.45, 7) is 2.52. The van der Waals surface area contributed by atoms with Crippen LogP contribution in [0.25, 0.3) is 11.3 Å². The van der Waals surface area contributed by atoms with Crippen molar-refractivity contribution in [2.75, 3.05) is 13.1 Å². The van der Waals surface area contributed by atoms with Crippen LogP contribution in [-0.4, -0.2) is 48.2 Å². The fraction of sp³-hybridized carbons (Fsp3) is 0.400. The van der Waals surface area contributed by atoms with E-state index in [2.05, 4.69) is 14.6 Å². The molecule has 7 nitrogen and oxygen atoms in total. The SMILES string of the molecule is Cn1cc(-c2cnc3n2CCC32CCN(C(=O)c3cccnc3)CC2)cn1. The van der Waals surface area contributed by atoms with Crippen LogP contribution in [0, 0.1) is 0 Å². The van der Waals surface area contributed by atoms with Gasteiger partial charge in [0.25, 0.3) is 5.91 Å². The summed E-state index contributed by atoms with van der Waals surface area (Å²) in [5.41, 5.74) is 3.01. The van der Waals surface area contributed by atoms with E-state index in [1.54, 1.807) is 12.4 Å². The Morgan fingerprint density at radius 3 is 2.63 bits per heavy atom. The van der Waals surface area contributed by atoms with Crippen LogP contribution in [0.1, 0.15) is 35.4 Å². The first-order valence-corrected chi connectivity index (χ1v) is 9.41. The van der Waals surface area contributed by atoms with Crippen molar-refractivity contribution in [3.63, 3.8) is 0 Å². The van der Waals surface area contributed by atoms with Gasteiger partial charge in [-0.05, 0) is 31.4 Å². The van der Waals surface area contributed by atoms with Gasteiger partial charge in [-0.15, -0.1) is 0 Å². The maximum absolute atomic E-state index is 12.7. The van der Waals surface area contributed by atoms with Crippen LogP contribution in [0.15, 0.2) is 43.1 Å². The van der Waals surface area contributed by atoms with Gasteiger partial charge in [0.1, 0.15) is 5.82 Å². The second-order valence-electron chi connectivity index (χ2n) is 7.59. The predicted molar refractivity (Wildman–Crippen MR) is 100 cm³/mol. The van der Waals surface area contributed by atoms with E-state index in [0.29, 0.717) is 5.56 Å². The van der Waals surface area contributed by atoms with Crippen LogP contribution in [0.4, 0.5) is 0 Å². The summed E-state index contributed by atoms with van der Waals surface area (Å²) >= 11 is 0. The van der Waals surface area contributed by atoms with Crippen LogP contribution in [0.2, 0.25) is 0 Å². The van der Waals surface area contributed by atoms with E-state index in [4.69, 9.17) is 4.98 Å². The largest absolute Gasteiger partial charge is 0.339 e. The number of imidazole rings is 1. The second kappa shape index (κ2) is 6.04. The molecule has 0 saturated carbocycles. The molecule has 5 rings (SSSR count). The minimum absolute atomic E-state index is 0.0790. The lowest BCUT2D eigenvalue weighted by Crippen LogP contribution is -2.44. The standard InChI is InChI=1S/C20H22N6O/c1-24-14-16(12-23-24)17-13-22-19-20(6-10-26(17)19)4-8-25(9-5-20)18(27)15-3-2-7-21-11-15/h2-3,7,11-14H,4-6,8-10H2,1H3. The summed E-state index contributed by atoms with van der Waals surface area (Å²) in [5, 5.41) is 4.29. The van der Waals surface area contributed by atoms with Crippen molar-refractivity contribution >= 4 is 5.91 Å². The Bertz CT molecular complexity index is 981. The van der Waals surface area contributed by atoms with Crippen LogP contribution >= 0.6 is 0 Å². The van der Waals surface area contributed by atoms with Gasteiger partial charge in [0.2, 0.25) is 0 Å². The molecule has 7 heteroatoms. The van der Waals surface area contributed by atoms with E-state index in [1.165, 1.54) is 5.82 Å². The molecule has 1 spiro atoms. The van der Waals surface area contributed by atoms with Gasteiger partial charge >= 0.3 is 0 Å². The third-order valence-electron chi connectivity index (χ3n) is 6.06. The van der Waals surface area contributed by atoms with Crippen molar-refractivity contribution in [2.24, 2.45) is 7.05 Å². The second-order valence-corrected chi connectivity index (χ2v) is 7.59. The van der Waals surface area contributed by atoms with E-state index in [9.17, 15) is 4.79 Å². The number of pyridine rings is 1. The molecule has 2 aliphatic heterocycles. The molecule has 27 heavy (non-hydrogen) atoms. The van der Waals surface area contributed by atoms with Crippen LogP contribution in [0.5, 0.6) is 0 Å². The number of rotatable bonds is 2. The lowest BCUT2D eigenvalue weighted by Gasteiger charge is -2.38. The minimum atomic E-state index is 0.0790. The molecule has 0 unspecified atom stereocenters. The van der Waals surface area contributed by atoms with E-state index in [1.807, 2.05) is 47.4 Å². The Balaban J connectivity index is 1.36. The molecule has 0 aromatic carbocycles. The fourth-order valence-corrected chi connectivity index (χ4v) is 4.53. The molecule has 0 bridgehead atoms. The molecule has 0 aliphatic carbocycles. The zero-order chi connectivity index (χ0) is 18.4. The molecule has 0 radical (unpaired) electrons. The molecular weight excluding hydrogens is 340 g/mol. The summed E-state index contributed by atoms with van der Waals surface area (Å²) in [6, 6.07) is 3.65. The van der Waals surface area contributed by atoms with Gasteiger partial charge in [0, 0.05) is 56.3 Å². The van der Waals surface area contributed by atoms with Crippen molar-refractivity contribution in [2.45, 2.75) is 31.2 Å². The molecule has 1 fully saturated rings. The lowest BCUT2D eigenvalue weighted by molar-refractivity contribution is 0.0663. The van der Waals surface area contributed by atoms with Crippen molar-refractivity contribution in [3.05, 3.63) is 54.5 Å². The number of hydrogen-bond acceptors (Lipinski definition) is 4. The Hall–Kier alpha value is -2.96. The fourth-order valence-electron chi connectivity index (χ4n) is 4.53. The van der Waals surface area contributed by atoms with Gasteiger partial charge in [-0.2, -0.15) is 5.10 Å². The highest BCUT2D eigenvalue weighted by atomic mass is 16.2. The molecular formula is C20H22N6O. The van der Waals surface area contributed by atoms with Crippen LogP contribution in [-0.2, 0) is 19.0 Å². The number of aryl methyl sites for hydroxylation is 1. The highest BCUT2D eigenvalue weighted by Crippen LogP contribution is 2.44. The molecule has 138 valence electrons. The van der Waals surface area contributed by atoms with Crippen molar-refractivity contribution in [1.29, 1.82) is 0 Å². The topological polar surface area (TPSA) is 68.8 Å². The number of piperidine rings is 1. The molecule has 0 N–H and O–H groups in total. The quantitative estimate of drug-likeness (QED) is 0.701. The summed E-state index contributed by atoms with van der Waals surface area (Å²) in [6.07, 6.45) is 12.3. The predicted octanol–water partition coefficient (Wildman–Crippen LogP) is 2.26. The minimum Gasteiger partial charge on any atom is -0.339 e. The van der Waals surface area contributed by atoms with Gasteiger partial charge < -0.3 is 9.47 Å². The number of carbonyl (C=O) groups excluding carboxylic acids is 1. The Morgan fingerprint density at radius 2 is 1.93 bits per heavy atom. The normalized spacial score (nSPS) is 18.0. The van der Waals surface area contributed by atoms with Crippen LogP contribution in [0.3, 0.4) is 0 Å². The smallest absolute Gasteiger partial charge is 0.255 e. The summed E-state index contributed by atoms with van der Waals surface area (Å²) in [5.74, 6) is 1.25. The van der Waals surface area contributed by atoms with Gasteiger partial charge in [-0.1, -0.05) is 0 Å². The first-order chi connectivity index (χ1) is 13.2. The monoisotopic (exact) mass is 362 g/mol. The van der Waals surface area contributed by atoms with Crippen molar-refractivity contribution in [3.8, 4) is 11.3 Å². The molecule has 1 saturated heterocycles. The van der Waals surface area contributed by atoms with Gasteiger partial charge in [0.15, 0.2) is 0 Å². The number of fused-ring (bicyclic) bond motifs is 2. The average Bonchev–Trinajstić information content (AvgIpc) is 3.40. The molecule has 3 aromatic rings. The summed E-state index contributed by atoms with van der Waals surface area (Å²) in [7, 11) is 1.93. The Labute approximate surface area is 157 Å². The number of aromatic nitrogens is 5. The number of likely N-dealkylation sites (tertiary alicyclic amines) is 1. The number of amides is 1. The maximum atomic E-state index is 12.7. The summed E-state index contributed by atoms with van der Waals surface area (Å²) in [4.78, 5) is 23.5. The first kappa shape index (κ1) is 16.2. The highest BCUT2D eigenvalue weighted by Gasteiger charge is 2.44. The lowest BCUT2D eigenvalue weighted by atomic mass is 9.76. The van der Waals surface area contributed by atoms with E-state index < -0.39 is 0 Å². The Kier molecular flexibility index (Phi) is 3.63. The van der Waals surface area contributed by atoms with Gasteiger partial charge in [-0.3, -0.25) is 14.5 Å². The van der Waals surface area contributed by atoms with E-state index >= 15 is 0 Å². The first-order valence-electron chi connectivity index (χ1n) is 9.41. The van der Waals surface area contributed by atoms with Gasteiger partial charge in [0.05, 0.1) is 23.7 Å². The van der Waals surface area contributed by atoms with Gasteiger partial charge in [-0.25, -0.2) is 4.98 Å². The van der Waals surface area contributed by atoms with E-state index in [-0.39, 0.29) is 11.3 Å². The number of nitrogens with zero attached hydrogens (tertiary/aromatic N) is 6. The van der Waals surface area contributed by atoms with Crippen molar-refractivity contribution < 1.29 is 4.79 Å². The zero-order valence-corrected chi connectivity index (χ0v) is 15.4. The average molecular weight is 362 g/mol. The van der Waals surface area contributed by atoms with E-state index in [0.717, 1.165) is 50.2 Å². The number of carbonyl (C=O) groups is 1. The molecule has 3 aromatic heterocycles. The number of hydrogen-bond donors (Lipinski definition) is 0. The maximum Gasteiger partial charge on any atom is 0.255 e. The van der Waals surface area contributed by atoms with Crippen LogP contribution < -0.4 is 0 Å². The molecule has 2 aliphatic rings. The molecule has 5 heterocycles. The third-order valence-corrected chi connectivity index (χ3v) is 6.06. The highest BCUT2D eigenvalue weighted by molar-refractivity contribution is 5.93. The molecule has 1 amide bonds. The third kappa shape index (κ3) is 2.57. The van der Waals surface area contributed by atoms with Crippen molar-refractivity contribution in [1.82, 2.24) is 29.2 Å².